The highest BCUT2D eigenvalue weighted by Crippen LogP contribution is 2.33. The maximum atomic E-state index is 14.3. The molecule has 1 N–H and O–H groups in total. The molecule has 11 heteroatoms. The summed E-state index contributed by atoms with van der Waals surface area (Å²) in [6.07, 6.45) is 2.60. The van der Waals surface area contributed by atoms with E-state index in [0.717, 1.165) is 31.4 Å². The molecular weight excluding hydrogens is 512 g/mol. The van der Waals surface area contributed by atoms with Gasteiger partial charge in [0, 0.05) is 30.5 Å². The molecule has 1 amide bonds. The summed E-state index contributed by atoms with van der Waals surface area (Å²) < 4.78 is 57.8. The van der Waals surface area contributed by atoms with Gasteiger partial charge in [0.25, 0.3) is 5.91 Å². The first-order valence-corrected chi connectivity index (χ1v) is 13.7. The Morgan fingerprint density at radius 3 is 2.42 bits per heavy atom. The number of rotatable bonds is 5. The van der Waals surface area contributed by atoms with Crippen LogP contribution in [0, 0.1) is 32.4 Å². The van der Waals surface area contributed by atoms with Crippen molar-refractivity contribution < 1.29 is 22.0 Å². The van der Waals surface area contributed by atoms with Gasteiger partial charge in [0.05, 0.1) is 16.1 Å². The van der Waals surface area contributed by atoms with E-state index in [9.17, 15) is 22.0 Å². The maximum absolute atomic E-state index is 14.3. The molecule has 3 heterocycles. The molecule has 8 nitrogen and oxygen atoms in total. The molecule has 198 valence electrons. The summed E-state index contributed by atoms with van der Waals surface area (Å²) in [5.41, 5.74) is 2.79. The van der Waals surface area contributed by atoms with Crippen LogP contribution in [-0.4, -0.2) is 46.3 Å². The lowest BCUT2D eigenvalue weighted by Crippen LogP contribution is -2.35. The number of fused-ring (bicyclic) bond motifs is 1. The van der Waals surface area contributed by atoms with Crippen LogP contribution in [0.1, 0.15) is 46.7 Å². The van der Waals surface area contributed by atoms with Gasteiger partial charge >= 0.3 is 0 Å². The smallest absolute Gasteiger partial charge is 0.276 e. The summed E-state index contributed by atoms with van der Waals surface area (Å²) in [5.74, 6) is -2.44. The second kappa shape index (κ2) is 9.88. The van der Waals surface area contributed by atoms with Crippen molar-refractivity contribution in [1.82, 2.24) is 18.9 Å². The number of benzene rings is 2. The minimum atomic E-state index is -3.77. The SMILES string of the molecule is Cc1cc(C)n2nc(C(=O)Nc3ccc(F)cc3F)c(-c3ccc(C)c(S(=O)(=O)N4CCCCC4)c3)c2n1. The first-order chi connectivity index (χ1) is 18.1. The molecule has 0 spiro atoms. The van der Waals surface area contributed by atoms with E-state index in [0.29, 0.717) is 52.9 Å². The molecule has 1 aliphatic heterocycles. The summed E-state index contributed by atoms with van der Waals surface area (Å²) in [6.45, 7) is 6.26. The van der Waals surface area contributed by atoms with Crippen LogP contribution >= 0.6 is 0 Å². The number of halogens is 2. The number of anilines is 1. The molecule has 0 unspecified atom stereocenters. The third-order valence-corrected chi connectivity index (χ3v) is 8.74. The van der Waals surface area contributed by atoms with E-state index in [1.54, 1.807) is 45.0 Å². The molecule has 0 radical (unpaired) electrons. The maximum Gasteiger partial charge on any atom is 0.276 e. The zero-order chi connectivity index (χ0) is 27.2. The number of hydrogen-bond acceptors (Lipinski definition) is 5. The van der Waals surface area contributed by atoms with Crippen molar-refractivity contribution in [2.24, 2.45) is 0 Å². The van der Waals surface area contributed by atoms with Crippen LogP contribution in [0.4, 0.5) is 14.5 Å². The van der Waals surface area contributed by atoms with Crippen LogP contribution in [-0.2, 0) is 10.0 Å². The van der Waals surface area contributed by atoms with Gasteiger partial charge in [0.2, 0.25) is 10.0 Å². The Morgan fingerprint density at radius 1 is 0.974 bits per heavy atom. The van der Waals surface area contributed by atoms with Crippen molar-refractivity contribution in [2.45, 2.75) is 44.9 Å². The van der Waals surface area contributed by atoms with Crippen LogP contribution in [0.25, 0.3) is 16.8 Å². The second-order valence-electron chi connectivity index (χ2n) is 9.52. The van der Waals surface area contributed by atoms with Gasteiger partial charge in [-0.15, -0.1) is 0 Å². The molecule has 38 heavy (non-hydrogen) atoms. The van der Waals surface area contributed by atoms with Gasteiger partial charge in [0.15, 0.2) is 11.3 Å². The fourth-order valence-electron chi connectivity index (χ4n) is 4.80. The van der Waals surface area contributed by atoms with Crippen molar-refractivity contribution in [2.75, 3.05) is 18.4 Å². The average Bonchev–Trinajstić information content (AvgIpc) is 3.26. The molecule has 0 aliphatic carbocycles. The highest BCUT2D eigenvalue weighted by atomic mass is 32.2. The molecule has 5 rings (SSSR count). The lowest BCUT2D eigenvalue weighted by atomic mass is 10.0. The van der Waals surface area contributed by atoms with E-state index in [1.807, 2.05) is 0 Å². The highest BCUT2D eigenvalue weighted by molar-refractivity contribution is 7.89. The number of carbonyl (C=O) groups is 1. The Kier molecular flexibility index (Phi) is 6.74. The first kappa shape index (κ1) is 25.9. The number of nitrogens with zero attached hydrogens (tertiary/aromatic N) is 4. The van der Waals surface area contributed by atoms with Gasteiger partial charge in [-0.05, 0) is 69.0 Å². The number of aryl methyl sites for hydroxylation is 3. The molecule has 2 aromatic carbocycles. The quantitative estimate of drug-likeness (QED) is 0.384. The molecule has 0 bridgehead atoms. The minimum Gasteiger partial charge on any atom is -0.318 e. The minimum absolute atomic E-state index is 0.0694. The number of nitrogens with one attached hydrogen (secondary N) is 1. The molecule has 0 atom stereocenters. The van der Waals surface area contributed by atoms with E-state index in [1.165, 1.54) is 8.82 Å². The largest absolute Gasteiger partial charge is 0.318 e. The zero-order valence-electron chi connectivity index (χ0n) is 21.3. The third kappa shape index (κ3) is 4.67. The highest BCUT2D eigenvalue weighted by Gasteiger charge is 2.30. The number of sulfonamides is 1. The van der Waals surface area contributed by atoms with Crippen LogP contribution in [0.3, 0.4) is 0 Å². The van der Waals surface area contributed by atoms with Crippen molar-refractivity contribution in [1.29, 1.82) is 0 Å². The normalized spacial score (nSPS) is 14.7. The monoisotopic (exact) mass is 539 g/mol. The molecular formula is C27H27F2N5O3S. The standard InChI is InChI=1S/C27H27F2N5O3S/c1-16-7-8-19(14-23(16)38(36,37)33-11-5-4-6-12-33)24-25(32-34-18(3)13-17(2)30-26(24)34)27(35)31-22-10-9-20(28)15-21(22)29/h7-10,13-15H,4-6,11-12H2,1-3H3,(H,31,35). The van der Waals surface area contributed by atoms with Crippen molar-refractivity contribution >= 4 is 27.3 Å². The summed E-state index contributed by atoms with van der Waals surface area (Å²) in [7, 11) is -3.77. The number of hydrogen-bond donors (Lipinski definition) is 1. The molecule has 4 aromatic rings. The Morgan fingerprint density at radius 2 is 1.71 bits per heavy atom. The summed E-state index contributed by atoms with van der Waals surface area (Å²) in [5, 5.41) is 6.92. The van der Waals surface area contributed by atoms with Gasteiger partial charge in [-0.3, -0.25) is 4.79 Å². The van der Waals surface area contributed by atoms with Crippen LogP contribution in [0.5, 0.6) is 0 Å². The molecule has 0 saturated carbocycles. The van der Waals surface area contributed by atoms with Gasteiger partial charge in [0.1, 0.15) is 11.6 Å². The van der Waals surface area contributed by atoms with Crippen molar-refractivity contribution in [3.05, 3.63) is 76.7 Å². The van der Waals surface area contributed by atoms with Crippen molar-refractivity contribution in [3.63, 3.8) is 0 Å². The van der Waals surface area contributed by atoms with Gasteiger partial charge < -0.3 is 5.32 Å². The zero-order valence-corrected chi connectivity index (χ0v) is 22.1. The number of amides is 1. The summed E-state index contributed by atoms with van der Waals surface area (Å²) >= 11 is 0. The Balaban J connectivity index is 1.67. The molecule has 2 aromatic heterocycles. The predicted octanol–water partition coefficient (Wildman–Crippen LogP) is 5.03. The summed E-state index contributed by atoms with van der Waals surface area (Å²) in [6, 6.07) is 9.59. The van der Waals surface area contributed by atoms with E-state index >= 15 is 0 Å². The van der Waals surface area contributed by atoms with Crippen LogP contribution in [0.2, 0.25) is 0 Å². The Hall–Kier alpha value is -3.70. The van der Waals surface area contributed by atoms with Gasteiger partial charge in [-0.2, -0.15) is 9.40 Å². The van der Waals surface area contributed by atoms with Gasteiger partial charge in [-0.1, -0.05) is 18.6 Å². The van der Waals surface area contributed by atoms with E-state index in [-0.39, 0.29) is 16.3 Å². The fraction of sp³-hybridized carbons (Fsp3) is 0.296. The average molecular weight is 540 g/mol. The Labute approximate surface area is 219 Å². The fourth-order valence-corrected chi connectivity index (χ4v) is 6.56. The number of aromatic nitrogens is 3. The van der Waals surface area contributed by atoms with E-state index in [4.69, 9.17) is 0 Å². The topological polar surface area (TPSA) is 96.7 Å². The van der Waals surface area contributed by atoms with Gasteiger partial charge in [-0.25, -0.2) is 26.7 Å². The van der Waals surface area contributed by atoms with E-state index < -0.39 is 27.6 Å². The van der Waals surface area contributed by atoms with E-state index in [2.05, 4.69) is 15.4 Å². The molecule has 1 fully saturated rings. The third-order valence-electron chi connectivity index (χ3n) is 6.70. The first-order valence-electron chi connectivity index (χ1n) is 12.3. The number of carbonyl (C=O) groups excluding carboxylic acids is 1. The van der Waals surface area contributed by atoms with Crippen molar-refractivity contribution in [3.8, 4) is 11.1 Å². The molecule has 1 saturated heterocycles. The summed E-state index contributed by atoms with van der Waals surface area (Å²) in [4.78, 5) is 18.1. The number of piperidine rings is 1. The molecule has 1 aliphatic rings. The lowest BCUT2D eigenvalue weighted by Gasteiger charge is -2.26. The predicted molar refractivity (Wildman–Crippen MR) is 140 cm³/mol. The lowest BCUT2D eigenvalue weighted by molar-refractivity contribution is 0.102. The van der Waals surface area contributed by atoms with Crippen LogP contribution < -0.4 is 5.32 Å². The Bertz CT molecular complexity index is 1680. The second-order valence-corrected chi connectivity index (χ2v) is 11.4. The van der Waals surface area contributed by atoms with Crippen LogP contribution in [0.15, 0.2) is 47.4 Å².